The van der Waals surface area contributed by atoms with Crippen LogP contribution in [-0.4, -0.2) is 35.6 Å². The van der Waals surface area contributed by atoms with Crippen LogP contribution < -0.4 is 10.6 Å². The van der Waals surface area contributed by atoms with Crippen molar-refractivity contribution in [2.75, 3.05) is 19.6 Å². The first kappa shape index (κ1) is 18.0. The van der Waals surface area contributed by atoms with Gasteiger partial charge in [-0.05, 0) is 43.5 Å². The summed E-state index contributed by atoms with van der Waals surface area (Å²) in [7, 11) is 0. The highest BCUT2D eigenvalue weighted by Crippen LogP contribution is 2.21. The number of nitrogens with zero attached hydrogens (tertiary/aromatic N) is 2. The maximum atomic E-state index is 4.65. The van der Waals surface area contributed by atoms with E-state index < -0.39 is 0 Å². The van der Waals surface area contributed by atoms with Gasteiger partial charge in [-0.2, -0.15) is 0 Å². The van der Waals surface area contributed by atoms with Gasteiger partial charge >= 0.3 is 0 Å². The minimum atomic E-state index is 0.721. The minimum Gasteiger partial charge on any atom is -0.361 e. The highest BCUT2D eigenvalue weighted by Gasteiger charge is 2.05. The highest BCUT2D eigenvalue weighted by atomic mass is 15.2. The van der Waals surface area contributed by atoms with Gasteiger partial charge in [0.25, 0.3) is 0 Å². The normalized spacial score (nSPS) is 11.7. The second-order valence-corrected chi connectivity index (χ2v) is 6.32. The van der Waals surface area contributed by atoms with Crippen LogP contribution in [0.5, 0.6) is 0 Å². The monoisotopic (exact) mass is 349 g/mol. The standard InChI is InChI=1S/C21H27N5/c1-3-22-21(25-14-11-18-8-4-5-12-23-18)24-13-10-17-15-26-20-16(2)7-6-9-19(17)20/h4-9,12,15,26H,3,10-11,13-14H2,1-2H3,(H2,22,24,25). The first-order chi connectivity index (χ1) is 12.8. The molecule has 3 rings (SSSR count). The molecule has 136 valence electrons. The van der Waals surface area contributed by atoms with Crippen molar-refractivity contribution < 1.29 is 0 Å². The van der Waals surface area contributed by atoms with E-state index in [-0.39, 0.29) is 0 Å². The van der Waals surface area contributed by atoms with E-state index in [1.807, 2.05) is 24.4 Å². The number of hydrogen-bond donors (Lipinski definition) is 3. The highest BCUT2D eigenvalue weighted by molar-refractivity contribution is 5.86. The molecule has 0 atom stereocenters. The maximum absolute atomic E-state index is 4.65. The van der Waals surface area contributed by atoms with Crippen LogP contribution >= 0.6 is 0 Å². The molecule has 5 heteroatoms. The molecule has 0 unspecified atom stereocenters. The number of para-hydroxylation sites is 1. The molecule has 0 amide bonds. The number of aliphatic imine (C=N–C) groups is 1. The Kier molecular flexibility index (Phi) is 6.25. The van der Waals surface area contributed by atoms with Crippen molar-refractivity contribution in [2.45, 2.75) is 26.7 Å². The van der Waals surface area contributed by atoms with Crippen molar-refractivity contribution >= 4 is 16.9 Å². The van der Waals surface area contributed by atoms with Crippen LogP contribution in [0.4, 0.5) is 0 Å². The average Bonchev–Trinajstić information content (AvgIpc) is 3.07. The molecule has 26 heavy (non-hydrogen) atoms. The number of nitrogens with one attached hydrogen (secondary N) is 3. The van der Waals surface area contributed by atoms with Gasteiger partial charge < -0.3 is 15.6 Å². The predicted octanol–water partition coefficient (Wildman–Crippen LogP) is 3.21. The second-order valence-electron chi connectivity index (χ2n) is 6.32. The van der Waals surface area contributed by atoms with Crippen LogP contribution in [0.25, 0.3) is 10.9 Å². The van der Waals surface area contributed by atoms with Gasteiger partial charge in [0.2, 0.25) is 0 Å². The van der Waals surface area contributed by atoms with Gasteiger partial charge in [0.05, 0.1) is 0 Å². The molecule has 0 aliphatic rings. The molecule has 0 fully saturated rings. The number of aromatic nitrogens is 2. The Morgan fingerprint density at radius 2 is 2.04 bits per heavy atom. The van der Waals surface area contributed by atoms with Crippen molar-refractivity contribution in [3.63, 3.8) is 0 Å². The molecule has 2 aromatic heterocycles. The molecular weight excluding hydrogens is 322 g/mol. The van der Waals surface area contributed by atoms with Gasteiger partial charge in [-0.15, -0.1) is 0 Å². The van der Waals surface area contributed by atoms with E-state index in [2.05, 4.69) is 63.8 Å². The smallest absolute Gasteiger partial charge is 0.191 e. The molecule has 0 aliphatic heterocycles. The average molecular weight is 349 g/mol. The minimum absolute atomic E-state index is 0.721. The summed E-state index contributed by atoms with van der Waals surface area (Å²) in [6.45, 7) is 6.63. The van der Waals surface area contributed by atoms with Crippen LogP contribution in [-0.2, 0) is 12.8 Å². The number of H-pyrrole nitrogens is 1. The number of guanidine groups is 1. The van der Waals surface area contributed by atoms with Gasteiger partial charge in [-0.25, -0.2) is 0 Å². The van der Waals surface area contributed by atoms with Crippen molar-refractivity contribution in [3.8, 4) is 0 Å². The third kappa shape index (κ3) is 4.63. The zero-order valence-corrected chi connectivity index (χ0v) is 15.5. The van der Waals surface area contributed by atoms with Crippen LogP contribution in [0, 0.1) is 6.92 Å². The van der Waals surface area contributed by atoms with E-state index in [1.165, 1.54) is 22.0 Å². The van der Waals surface area contributed by atoms with E-state index in [0.29, 0.717) is 0 Å². The van der Waals surface area contributed by atoms with E-state index in [4.69, 9.17) is 0 Å². The fourth-order valence-electron chi connectivity index (χ4n) is 3.06. The molecule has 0 saturated carbocycles. The largest absolute Gasteiger partial charge is 0.361 e. The van der Waals surface area contributed by atoms with Crippen molar-refractivity contribution in [3.05, 3.63) is 65.6 Å². The molecule has 5 nitrogen and oxygen atoms in total. The van der Waals surface area contributed by atoms with Crippen LogP contribution in [0.15, 0.2) is 53.8 Å². The number of aryl methyl sites for hydroxylation is 1. The van der Waals surface area contributed by atoms with Crippen molar-refractivity contribution in [1.82, 2.24) is 20.6 Å². The lowest BCUT2D eigenvalue weighted by Crippen LogP contribution is -2.38. The Morgan fingerprint density at radius 1 is 1.12 bits per heavy atom. The number of pyridine rings is 1. The van der Waals surface area contributed by atoms with Gasteiger partial charge in [-0.3, -0.25) is 9.98 Å². The van der Waals surface area contributed by atoms with Crippen LogP contribution in [0.1, 0.15) is 23.7 Å². The summed E-state index contributed by atoms with van der Waals surface area (Å²) in [5.41, 5.74) is 4.92. The second kappa shape index (κ2) is 9.04. The lowest BCUT2D eigenvalue weighted by atomic mass is 10.1. The van der Waals surface area contributed by atoms with E-state index >= 15 is 0 Å². The zero-order chi connectivity index (χ0) is 18.2. The third-order valence-electron chi connectivity index (χ3n) is 4.40. The first-order valence-electron chi connectivity index (χ1n) is 9.25. The molecule has 3 N–H and O–H groups in total. The Hall–Kier alpha value is -2.82. The molecule has 0 aliphatic carbocycles. The van der Waals surface area contributed by atoms with Crippen molar-refractivity contribution in [1.29, 1.82) is 0 Å². The molecule has 0 radical (unpaired) electrons. The Labute approximate surface area is 155 Å². The lowest BCUT2D eigenvalue weighted by Gasteiger charge is -2.11. The molecular formula is C21H27N5. The lowest BCUT2D eigenvalue weighted by molar-refractivity contribution is 0.796. The van der Waals surface area contributed by atoms with E-state index in [9.17, 15) is 0 Å². The Morgan fingerprint density at radius 3 is 2.85 bits per heavy atom. The zero-order valence-electron chi connectivity index (χ0n) is 15.5. The molecule has 2 heterocycles. The summed E-state index contributed by atoms with van der Waals surface area (Å²) in [5, 5.41) is 8.04. The fourth-order valence-corrected chi connectivity index (χ4v) is 3.06. The molecule has 0 saturated heterocycles. The topological polar surface area (TPSA) is 65.1 Å². The van der Waals surface area contributed by atoms with Crippen molar-refractivity contribution in [2.24, 2.45) is 4.99 Å². The van der Waals surface area contributed by atoms with E-state index in [1.54, 1.807) is 0 Å². The number of hydrogen-bond acceptors (Lipinski definition) is 2. The summed E-state index contributed by atoms with van der Waals surface area (Å²) in [4.78, 5) is 12.4. The molecule has 0 spiro atoms. The number of aromatic amines is 1. The maximum Gasteiger partial charge on any atom is 0.191 e. The van der Waals surface area contributed by atoms with Gasteiger partial charge in [0.1, 0.15) is 0 Å². The predicted molar refractivity (Wildman–Crippen MR) is 109 cm³/mol. The van der Waals surface area contributed by atoms with Gasteiger partial charge in [0, 0.05) is 55.0 Å². The van der Waals surface area contributed by atoms with Crippen LogP contribution in [0.2, 0.25) is 0 Å². The van der Waals surface area contributed by atoms with Crippen LogP contribution in [0.3, 0.4) is 0 Å². The Bertz CT molecular complexity index is 851. The fraction of sp³-hybridized carbons (Fsp3) is 0.333. The summed E-state index contributed by atoms with van der Waals surface area (Å²) in [5.74, 6) is 0.861. The molecule has 3 aromatic rings. The van der Waals surface area contributed by atoms with E-state index in [0.717, 1.165) is 44.1 Å². The molecule has 0 bridgehead atoms. The SMILES string of the molecule is CCNC(=NCCc1ccccn1)NCCc1c[nH]c2c(C)cccc12. The summed E-state index contributed by atoms with van der Waals surface area (Å²) in [6, 6.07) is 12.4. The summed E-state index contributed by atoms with van der Waals surface area (Å²) >= 11 is 0. The number of benzene rings is 1. The number of fused-ring (bicyclic) bond motifs is 1. The number of rotatable bonds is 7. The molecule has 1 aromatic carbocycles. The first-order valence-corrected chi connectivity index (χ1v) is 9.25. The quantitative estimate of drug-likeness (QED) is 0.453. The Balaban J connectivity index is 1.54. The van der Waals surface area contributed by atoms with Gasteiger partial charge in [-0.1, -0.05) is 24.3 Å². The van der Waals surface area contributed by atoms with Gasteiger partial charge in [0.15, 0.2) is 5.96 Å². The summed E-state index contributed by atoms with van der Waals surface area (Å²) in [6.07, 6.45) is 5.74. The summed E-state index contributed by atoms with van der Waals surface area (Å²) < 4.78 is 0. The third-order valence-corrected chi connectivity index (χ3v) is 4.40.